The van der Waals surface area contributed by atoms with Gasteiger partial charge in [-0.3, -0.25) is 4.90 Å². The molecule has 0 radical (unpaired) electrons. The molecule has 0 saturated carbocycles. The number of H-pyrrole nitrogens is 1. The minimum absolute atomic E-state index is 0.196. The van der Waals surface area contributed by atoms with Crippen molar-refractivity contribution < 1.29 is 4.79 Å². The first kappa shape index (κ1) is 9.40. The molecule has 2 heterocycles. The monoisotopic (exact) mass is 193 g/mol. The van der Waals surface area contributed by atoms with Crippen molar-refractivity contribution in [1.29, 1.82) is 0 Å². The fraction of sp³-hybridized carbons (Fsp3) is 0.600. The molecule has 1 aliphatic heterocycles. The van der Waals surface area contributed by atoms with E-state index in [0.717, 1.165) is 31.5 Å². The van der Waals surface area contributed by atoms with Crippen molar-refractivity contribution in [2.24, 2.45) is 5.92 Å². The predicted molar refractivity (Wildman–Crippen MR) is 52.7 cm³/mol. The van der Waals surface area contributed by atoms with Gasteiger partial charge >= 0.3 is 0 Å². The van der Waals surface area contributed by atoms with Gasteiger partial charge in [-0.1, -0.05) is 0 Å². The Morgan fingerprint density at radius 3 is 3.21 bits per heavy atom. The van der Waals surface area contributed by atoms with Crippen molar-refractivity contribution in [3.8, 4) is 0 Å². The number of nitrogens with zero attached hydrogens (tertiary/aromatic N) is 2. The van der Waals surface area contributed by atoms with Gasteiger partial charge in [0.25, 0.3) is 0 Å². The van der Waals surface area contributed by atoms with Crippen LogP contribution in [0, 0.1) is 5.92 Å². The second-order valence-corrected chi connectivity index (χ2v) is 3.89. The minimum atomic E-state index is 0.196. The van der Waals surface area contributed by atoms with Crippen molar-refractivity contribution >= 4 is 6.29 Å². The first-order chi connectivity index (χ1) is 6.81. The Labute approximate surface area is 83.3 Å². The van der Waals surface area contributed by atoms with Gasteiger partial charge < -0.3 is 9.78 Å². The van der Waals surface area contributed by atoms with Crippen LogP contribution in [0.5, 0.6) is 0 Å². The summed E-state index contributed by atoms with van der Waals surface area (Å²) in [5.74, 6) is 1.17. The van der Waals surface area contributed by atoms with E-state index in [1.165, 1.54) is 0 Å². The van der Waals surface area contributed by atoms with Crippen LogP contribution in [-0.2, 0) is 4.79 Å². The summed E-state index contributed by atoms with van der Waals surface area (Å²) >= 11 is 0. The maximum absolute atomic E-state index is 10.7. The third-order valence-corrected chi connectivity index (χ3v) is 2.94. The van der Waals surface area contributed by atoms with E-state index >= 15 is 0 Å². The molecule has 0 bridgehead atoms. The topological polar surface area (TPSA) is 49.0 Å². The van der Waals surface area contributed by atoms with E-state index in [2.05, 4.69) is 21.9 Å². The zero-order chi connectivity index (χ0) is 9.97. The Bertz CT molecular complexity index is 296. The number of carbonyl (C=O) groups excluding carboxylic acids is 1. The maximum atomic E-state index is 10.7. The molecule has 2 unspecified atom stereocenters. The second kappa shape index (κ2) is 3.92. The first-order valence-corrected chi connectivity index (χ1v) is 4.96. The summed E-state index contributed by atoms with van der Waals surface area (Å²) in [5, 5.41) is 0. The molecule has 4 nitrogen and oxygen atoms in total. The molecular weight excluding hydrogens is 178 g/mol. The third kappa shape index (κ3) is 1.70. The van der Waals surface area contributed by atoms with Crippen LogP contribution in [0.15, 0.2) is 12.4 Å². The Kier molecular flexibility index (Phi) is 2.63. The molecule has 1 N–H and O–H groups in total. The number of hydrogen-bond donors (Lipinski definition) is 1. The van der Waals surface area contributed by atoms with Crippen LogP contribution in [0.1, 0.15) is 24.7 Å². The van der Waals surface area contributed by atoms with E-state index < -0.39 is 0 Å². The number of aldehydes is 1. The highest BCUT2D eigenvalue weighted by molar-refractivity contribution is 5.53. The molecule has 1 saturated heterocycles. The lowest BCUT2D eigenvalue weighted by Gasteiger charge is -2.33. The number of hydrogen-bond acceptors (Lipinski definition) is 3. The lowest BCUT2D eigenvalue weighted by atomic mass is 9.92. The Morgan fingerprint density at radius 1 is 1.71 bits per heavy atom. The summed E-state index contributed by atoms with van der Waals surface area (Å²) in [6.07, 6.45) is 6.51. The number of aromatic nitrogens is 2. The van der Waals surface area contributed by atoms with Gasteiger partial charge in [0.05, 0.1) is 6.04 Å². The van der Waals surface area contributed by atoms with Crippen LogP contribution >= 0.6 is 0 Å². The van der Waals surface area contributed by atoms with Gasteiger partial charge in [0.1, 0.15) is 12.1 Å². The standard InChI is InChI=1S/C10H15N3O/c1-13-5-2-8(7-14)6-9(13)10-11-3-4-12-10/h3-4,7-9H,2,5-6H2,1H3,(H,11,12). The zero-order valence-electron chi connectivity index (χ0n) is 8.31. The Hall–Kier alpha value is -1.16. The van der Waals surface area contributed by atoms with Crippen LogP contribution in [0.25, 0.3) is 0 Å². The molecule has 0 aliphatic carbocycles. The Balaban J connectivity index is 2.12. The highest BCUT2D eigenvalue weighted by Gasteiger charge is 2.28. The van der Waals surface area contributed by atoms with E-state index in [1.807, 2.05) is 6.20 Å². The smallest absolute Gasteiger partial charge is 0.123 e. The number of imidazole rings is 1. The fourth-order valence-corrected chi connectivity index (χ4v) is 2.01. The molecule has 1 aromatic rings. The largest absolute Gasteiger partial charge is 0.347 e. The van der Waals surface area contributed by atoms with E-state index in [0.29, 0.717) is 0 Å². The van der Waals surface area contributed by atoms with Crippen molar-refractivity contribution in [2.75, 3.05) is 13.6 Å². The van der Waals surface area contributed by atoms with Crippen LogP contribution in [-0.4, -0.2) is 34.7 Å². The molecular formula is C10H15N3O. The Morgan fingerprint density at radius 2 is 2.57 bits per heavy atom. The van der Waals surface area contributed by atoms with Gasteiger partial charge in [-0.05, 0) is 26.4 Å². The van der Waals surface area contributed by atoms with Crippen LogP contribution < -0.4 is 0 Å². The lowest BCUT2D eigenvalue weighted by Crippen LogP contribution is -2.34. The van der Waals surface area contributed by atoms with Gasteiger partial charge in [0, 0.05) is 18.3 Å². The van der Waals surface area contributed by atoms with Crippen molar-refractivity contribution in [2.45, 2.75) is 18.9 Å². The summed E-state index contributed by atoms with van der Waals surface area (Å²) in [6, 6.07) is 0.272. The molecule has 0 amide bonds. The summed E-state index contributed by atoms with van der Waals surface area (Å²) in [7, 11) is 2.08. The van der Waals surface area contributed by atoms with Gasteiger partial charge in [0.2, 0.25) is 0 Å². The van der Waals surface area contributed by atoms with E-state index in [9.17, 15) is 4.79 Å². The highest BCUT2D eigenvalue weighted by atomic mass is 16.1. The highest BCUT2D eigenvalue weighted by Crippen LogP contribution is 2.29. The molecule has 2 rings (SSSR count). The number of carbonyl (C=O) groups is 1. The summed E-state index contributed by atoms with van der Waals surface area (Å²) < 4.78 is 0. The lowest BCUT2D eigenvalue weighted by molar-refractivity contribution is -0.112. The van der Waals surface area contributed by atoms with E-state index in [1.54, 1.807) is 6.20 Å². The number of piperidine rings is 1. The molecule has 1 aromatic heterocycles. The summed E-state index contributed by atoms with van der Waals surface area (Å²) in [4.78, 5) is 20.3. The van der Waals surface area contributed by atoms with Crippen LogP contribution in [0.2, 0.25) is 0 Å². The summed E-state index contributed by atoms with van der Waals surface area (Å²) in [6.45, 7) is 0.967. The third-order valence-electron chi connectivity index (χ3n) is 2.94. The van der Waals surface area contributed by atoms with Crippen molar-refractivity contribution in [1.82, 2.24) is 14.9 Å². The number of aromatic amines is 1. The number of nitrogens with one attached hydrogen (secondary N) is 1. The average molecular weight is 193 g/mol. The van der Waals surface area contributed by atoms with E-state index in [-0.39, 0.29) is 12.0 Å². The SMILES string of the molecule is CN1CCC(C=O)CC1c1ncc[nH]1. The molecule has 4 heteroatoms. The van der Waals surface area contributed by atoms with Gasteiger partial charge in [-0.15, -0.1) is 0 Å². The van der Waals surface area contributed by atoms with Crippen LogP contribution in [0.4, 0.5) is 0 Å². The van der Waals surface area contributed by atoms with Gasteiger partial charge in [-0.2, -0.15) is 0 Å². The number of rotatable bonds is 2. The fourth-order valence-electron chi connectivity index (χ4n) is 2.01. The molecule has 0 aromatic carbocycles. The molecule has 1 fully saturated rings. The zero-order valence-corrected chi connectivity index (χ0v) is 8.31. The number of likely N-dealkylation sites (tertiary alicyclic amines) is 1. The van der Waals surface area contributed by atoms with Gasteiger partial charge in [0.15, 0.2) is 0 Å². The second-order valence-electron chi connectivity index (χ2n) is 3.89. The minimum Gasteiger partial charge on any atom is -0.347 e. The maximum Gasteiger partial charge on any atom is 0.123 e. The normalized spacial score (nSPS) is 28.9. The van der Waals surface area contributed by atoms with E-state index in [4.69, 9.17) is 0 Å². The van der Waals surface area contributed by atoms with Crippen molar-refractivity contribution in [3.63, 3.8) is 0 Å². The van der Waals surface area contributed by atoms with Crippen molar-refractivity contribution in [3.05, 3.63) is 18.2 Å². The molecule has 2 atom stereocenters. The summed E-state index contributed by atoms with van der Waals surface area (Å²) in [5.41, 5.74) is 0. The predicted octanol–water partition coefficient (Wildman–Crippen LogP) is 0.991. The quantitative estimate of drug-likeness (QED) is 0.713. The first-order valence-electron chi connectivity index (χ1n) is 4.96. The molecule has 1 aliphatic rings. The molecule has 0 spiro atoms. The molecule has 76 valence electrons. The molecule has 14 heavy (non-hydrogen) atoms. The van der Waals surface area contributed by atoms with Crippen LogP contribution in [0.3, 0.4) is 0 Å². The van der Waals surface area contributed by atoms with Gasteiger partial charge in [-0.25, -0.2) is 4.98 Å². The average Bonchev–Trinajstić information content (AvgIpc) is 2.71.